The molecule has 0 saturated carbocycles. The van der Waals surface area contributed by atoms with Crippen LogP contribution in [0.2, 0.25) is 0 Å². The summed E-state index contributed by atoms with van der Waals surface area (Å²) in [5.41, 5.74) is 0.813. The van der Waals surface area contributed by atoms with Crippen LogP contribution >= 0.6 is 11.3 Å². The first-order valence-corrected chi connectivity index (χ1v) is 8.85. The maximum Gasteiger partial charge on any atom is 0.328 e. The van der Waals surface area contributed by atoms with E-state index in [4.69, 9.17) is 4.74 Å². The van der Waals surface area contributed by atoms with Gasteiger partial charge >= 0.3 is 5.97 Å². The highest BCUT2D eigenvalue weighted by Crippen LogP contribution is 2.34. The van der Waals surface area contributed by atoms with Crippen LogP contribution in [0.1, 0.15) is 40.3 Å². The van der Waals surface area contributed by atoms with Crippen molar-refractivity contribution >= 4 is 33.4 Å². The minimum absolute atomic E-state index is 0.00299. The first kappa shape index (κ1) is 15.3. The molecule has 2 aromatic rings. The summed E-state index contributed by atoms with van der Waals surface area (Å²) in [5.74, 6) is -0.849. The zero-order valence-corrected chi connectivity index (χ0v) is 14.1. The number of carbonyl (C=O) groups is 2. The predicted molar refractivity (Wildman–Crippen MR) is 88.3 cm³/mol. The summed E-state index contributed by atoms with van der Waals surface area (Å²) in [4.78, 5) is 47.3. The van der Waals surface area contributed by atoms with E-state index in [1.54, 1.807) is 0 Å². The van der Waals surface area contributed by atoms with Gasteiger partial charge in [0.05, 0.1) is 12.5 Å². The van der Waals surface area contributed by atoms with E-state index >= 15 is 0 Å². The van der Waals surface area contributed by atoms with Gasteiger partial charge in [0.15, 0.2) is 0 Å². The summed E-state index contributed by atoms with van der Waals surface area (Å²) >= 11 is 1.49. The zero-order chi connectivity index (χ0) is 16.8. The van der Waals surface area contributed by atoms with E-state index in [2.05, 4.69) is 9.97 Å². The number of aryl methyl sites for hydroxylation is 2. The van der Waals surface area contributed by atoms with Crippen molar-refractivity contribution in [3.8, 4) is 0 Å². The molecule has 0 radical (unpaired) electrons. The lowest BCUT2D eigenvalue weighted by Crippen LogP contribution is -2.42. The van der Waals surface area contributed by atoms with E-state index in [0.717, 1.165) is 31.2 Å². The lowest BCUT2D eigenvalue weighted by atomic mass is 10.2. The van der Waals surface area contributed by atoms with Crippen LogP contribution < -0.4 is 5.56 Å². The number of ether oxygens (including phenoxy) is 1. The van der Waals surface area contributed by atoms with Gasteiger partial charge in [-0.15, -0.1) is 11.3 Å². The molecule has 1 saturated heterocycles. The molecule has 1 fully saturated rings. The number of hydrogen-bond donors (Lipinski definition) is 1. The highest BCUT2D eigenvalue weighted by molar-refractivity contribution is 7.18. The number of aromatic amines is 1. The Morgan fingerprint density at radius 3 is 2.96 bits per heavy atom. The Labute approximate surface area is 141 Å². The van der Waals surface area contributed by atoms with Gasteiger partial charge in [-0.3, -0.25) is 9.59 Å². The molecule has 24 heavy (non-hydrogen) atoms. The van der Waals surface area contributed by atoms with Gasteiger partial charge in [-0.2, -0.15) is 0 Å². The van der Waals surface area contributed by atoms with Gasteiger partial charge in [0.1, 0.15) is 10.9 Å². The maximum atomic E-state index is 12.7. The molecule has 7 nitrogen and oxygen atoms in total. The van der Waals surface area contributed by atoms with Gasteiger partial charge < -0.3 is 14.6 Å². The highest BCUT2D eigenvalue weighted by atomic mass is 32.1. The second kappa shape index (κ2) is 5.70. The van der Waals surface area contributed by atoms with E-state index in [0.29, 0.717) is 23.2 Å². The number of methoxy groups -OCH3 is 1. The number of nitrogens with one attached hydrogen (secondary N) is 1. The lowest BCUT2D eigenvalue weighted by Gasteiger charge is -2.21. The van der Waals surface area contributed by atoms with Crippen molar-refractivity contribution in [3.05, 3.63) is 26.6 Å². The van der Waals surface area contributed by atoms with E-state index in [9.17, 15) is 14.4 Å². The maximum absolute atomic E-state index is 12.7. The fraction of sp³-hybridized carbons (Fsp3) is 0.500. The molecule has 4 rings (SSSR count). The molecule has 1 aliphatic carbocycles. The summed E-state index contributed by atoms with van der Waals surface area (Å²) in [6.45, 7) is 0.460. The van der Waals surface area contributed by atoms with E-state index in [1.807, 2.05) is 0 Å². The Hall–Kier alpha value is -2.22. The number of aromatic nitrogens is 2. The summed E-state index contributed by atoms with van der Waals surface area (Å²) in [6.07, 6.45) is 4.22. The number of hydrogen-bond acceptors (Lipinski definition) is 6. The molecular weight excluding hydrogens is 330 g/mol. The van der Waals surface area contributed by atoms with Crippen molar-refractivity contribution in [3.63, 3.8) is 0 Å². The molecule has 126 valence electrons. The number of amides is 1. The summed E-state index contributed by atoms with van der Waals surface area (Å²) < 4.78 is 4.76. The molecule has 0 aromatic carbocycles. The smallest absolute Gasteiger partial charge is 0.328 e. The van der Waals surface area contributed by atoms with Crippen molar-refractivity contribution in [2.45, 2.75) is 38.1 Å². The monoisotopic (exact) mass is 347 g/mol. The van der Waals surface area contributed by atoms with Gasteiger partial charge in [0.2, 0.25) is 5.82 Å². The normalized spacial score (nSPS) is 19.7. The predicted octanol–water partition coefficient (Wildman–Crippen LogP) is 1.25. The van der Waals surface area contributed by atoms with Gasteiger partial charge in [0.25, 0.3) is 11.5 Å². The van der Waals surface area contributed by atoms with E-state index < -0.39 is 17.9 Å². The van der Waals surface area contributed by atoms with Gasteiger partial charge in [0, 0.05) is 11.4 Å². The van der Waals surface area contributed by atoms with Crippen molar-refractivity contribution in [2.75, 3.05) is 13.7 Å². The highest BCUT2D eigenvalue weighted by Gasteiger charge is 2.36. The molecule has 0 bridgehead atoms. The Morgan fingerprint density at radius 2 is 2.17 bits per heavy atom. The summed E-state index contributed by atoms with van der Waals surface area (Å²) in [6, 6.07) is -0.600. The Kier molecular flexibility index (Phi) is 3.64. The largest absolute Gasteiger partial charge is 0.467 e. The second-order valence-electron chi connectivity index (χ2n) is 6.13. The molecule has 3 heterocycles. The van der Waals surface area contributed by atoms with Crippen molar-refractivity contribution < 1.29 is 14.3 Å². The summed E-state index contributed by atoms with van der Waals surface area (Å²) in [5, 5.41) is 0.620. The second-order valence-corrected chi connectivity index (χ2v) is 7.22. The lowest BCUT2D eigenvalue weighted by molar-refractivity contribution is -0.145. The van der Waals surface area contributed by atoms with Crippen molar-refractivity contribution in [1.82, 2.24) is 14.9 Å². The Balaban J connectivity index is 1.73. The van der Waals surface area contributed by atoms with Crippen LogP contribution in [-0.2, 0) is 22.4 Å². The van der Waals surface area contributed by atoms with Gasteiger partial charge in [-0.05, 0) is 37.7 Å². The molecule has 1 unspecified atom stereocenters. The fourth-order valence-corrected chi connectivity index (χ4v) is 4.89. The van der Waals surface area contributed by atoms with E-state index in [-0.39, 0.29) is 11.4 Å². The quantitative estimate of drug-likeness (QED) is 0.826. The molecule has 1 amide bonds. The molecule has 0 spiro atoms. The Morgan fingerprint density at radius 1 is 1.33 bits per heavy atom. The van der Waals surface area contributed by atoms with Crippen LogP contribution in [0.5, 0.6) is 0 Å². The number of esters is 1. The molecule has 1 aliphatic heterocycles. The SMILES string of the molecule is COC(=O)C1CCCN1C(=O)c1nc2sc3c(c2c(=O)[nH]1)CCC3. The third-order valence-electron chi connectivity index (χ3n) is 4.76. The van der Waals surface area contributed by atoms with Crippen LogP contribution in [0, 0.1) is 0 Å². The standard InChI is InChI=1S/C16H17N3O4S/c1-23-16(22)9-5-3-7-19(9)15(21)12-17-13(20)11-8-4-2-6-10(8)24-14(11)18-12/h9H,2-7H2,1H3,(H,17,18,20). The van der Waals surface area contributed by atoms with Crippen LogP contribution in [0.4, 0.5) is 0 Å². The molecular formula is C16H17N3O4S. The molecule has 2 aliphatic rings. The number of thiophene rings is 1. The topological polar surface area (TPSA) is 92.4 Å². The first-order valence-electron chi connectivity index (χ1n) is 8.03. The first-order chi connectivity index (χ1) is 11.6. The van der Waals surface area contributed by atoms with Crippen LogP contribution in [-0.4, -0.2) is 46.4 Å². The molecule has 1 N–H and O–H groups in total. The minimum Gasteiger partial charge on any atom is -0.467 e. The van der Waals surface area contributed by atoms with Gasteiger partial charge in [-0.1, -0.05) is 0 Å². The minimum atomic E-state index is -0.600. The number of carbonyl (C=O) groups excluding carboxylic acids is 2. The molecule has 8 heteroatoms. The van der Waals surface area contributed by atoms with Crippen LogP contribution in [0.3, 0.4) is 0 Å². The summed E-state index contributed by atoms with van der Waals surface area (Å²) in [7, 11) is 1.31. The number of fused-ring (bicyclic) bond motifs is 3. The van der Waals surface area contributed by atoms with Crippen molar-refractivity contribution in [1.29, 1.82) is 0 Å². The average Bonchev–Trinajstić information content (AvgIpc) is 3.27. The van der Waals surface area contributed by atoms with Gasteiger partial charge in [-0.25, -0.2) is 9.78 Å². The van der Waals surface area contributed by atoms with Crippen LogP contribution in [0.25, 0.3) is 10.2 Å². The zero-order valence-electron chi connectivity index (χ0n) is 13.3. The average molecular weight is 347 g/mol. The van der Waals surface area contributed by atoms with Crippen molar-refractivity contribution in [2.24, 2.45) is 0 Å². The fourth-order valence-electron chi connectivity index (χ4n) is 3.63. The third kappa shape index (κ3) is 2.24. The third-order valence-corrected chi connectivity index (χ3v) is 5.95. The number of rotatable bonds is 2. The van der Waals surface area contributed by atoms with Crippen LogP contribution in [0.15, 0.2) is 4.79 Å². The number of likely N-dealkylation sites (tertiary alicyclic amines) is 1. The molecule has 2 aromatic heterocycles. The number of H-pyrrole nitrogens is 1. The molecule has 1 atom stereocenters. The van der Waals surface area contributed by atoms with E-state index in [1.165, 1.54) is 28.2 Å². The number of nitrogens with zero attached hydrogens (tertiary/aromatic N) is 2. The Bertz CT molecular complexity index is 901.